The first kappa shape index (κ1) is 22.3. The average molecular weight is 476 g/mol. The van der Waals surface area contributed by atoms with Crippen LogP contribution >= 0.6 is 0 Å². The minimum Gasteiger partial charge on any atom is -0.408 e. The Kier molecular flexibility index (Phi) is 5.31. The third-order valence-electron chi connectivity index (χ3n) is 6.28. The van der Waals surface area contributed by atoms with Gasteiger partial charge in [0.2, 0.25) is 11.8 Å². The molecule has 11 nitrogen and oxygen atoms in total. The summed E-state index contributed by atoms with van der Waals surface area (Å²) in [5, 5.41) is 2.14. The number of piperidine rings is 1. The van der Waals surface area contributed by atoms with Crippen molar-refractivity contribution in [3.05, 3.63) is 69.7 Å². The summed E-state index contributed by atoms with van der Waals surface area (Å²) in [5.41, 5.74) is 0.994. The van der Waals surface area contributed by atoms with Crippen molar-refractivity contribution in [1.29, 1.82) is 0 Å². The molecule has 1 unspecified atom stereocenters. The summed E-state index contributed by atoms with van der Waals surface area (Å²) in [6.07, 6.45) is 0.0210. The zero-order chi connectivity index (χ0) is 24.9. The van der Waals surface area contributed by atoms with Gasteiger partial charge in [0, 0.05) is 26.6 Å². The van der Waals surface area contributed by atoms with Gasteiger partial charge in [-0.15, -0.1) is 0 Å². The Labute approximate surface area is 197 Å². The van der Waals surface area contributed by atoms with Crippen LogP contribution in [0.4, 0.5) is 0 Å². The van der Waals surface area contributed by atoms with Crippen molar-refractivity contribution in [2.45, 2.75) is 25.4 Å². The fraction of sp³-hybridized carbons (Fsp3) is 0.250. The lowest BCUT2D eigenvalue weighted by Gasteiger charge is -2.27. The number of para-hydroxylation sites is 2. The van der Waals surface area contributed by atoms with E-state index in [0.717, 1.165) is 4.90 Å². The maximum absolute atomic E-state index is 13.3. The summed E-state index contributed by atoms with van der Waals surface area (Å²) in [4.78, 5) is 77.6. The minimum atomic E-state index is -1.12. The van der Waals surface area contributed by atoms with E-state index in [1.54, 1.807) is 24.3 Å². The monoisotopic (exact) mass is 476 g/mol. The Morgan fingerprint density at radius 1 is 1.06 bits per heavy atom. The van der Waals surface area contributed by atoms with Crippen molar-refractivity contribution in [3.8, 4) is 0 Å². The van der Waals surface area contributed by atoms with Crippen molar-refractivity contribution in [1.82, 2.24) is 19.7 Å². The number of likely N-dealkylation sites (N-methyl/N-ethyl adjacent to an activating group) is 1. The number of benzene rings is 2. The van der Waals surface area contributed by atoms with E-state index in [0.29, 0.717) is 11.1 Å². The van der Waals surface area contributed by atoms with Crippen LogP contribution in [0.3, 0.4) is 0 Å². The Morgan fingerprint density at radius 2 is 1.83 bits per heavy atom. The fourth-order valence-corrected chi connectivity index (χ4v) is 4.48. The molecular weight excluding hydrogens is 456 g/mol. The zero-order valence-electron chi connectivity index (χ0n) is 18.6. The van der Waals surface area contributed by atoms with Gasteiger partial charge in [-0.1, -0.05) is 18.2 Å². The summed E-state index contributed by atoms with van der Waals surface area (Å²) in [5.74, 6) is -3.70. The van der Waals surface area contributed by atoms with Gasteiger partial charge in [0.15, 0.2) is 5.58 Å². The van der Waals surface area contributed by atoms with Crippen LogP contribution in [0.25, 0.3) is 11.1 Å². The van der Waals surface area contributed by atoms with E-state index >= 15 is 0 Å². The number of nitrogens with zero attached hydrogens (tertiary/aromatic N) is 3. The molecule has 1 fully saturated rings. The lowest BCUT2D eigenvalue weighted by Crippen LogP contribution is -2.54. The van der Waals surface area contributed by atoms with Crippen molar-refractivity contribution >= 4 is 40.6 Å². The molecule has 5 rings (SSSR count). The molecule has 0 spiro atoms. The number of rotatable bonds is 5. The second-order valence-corrected chi connectivity index (χ2v) is 8.39. The highest BCUT2D eigenvalue weighted by atomic mass is 16.4. The molecule has 35 heavy (non-hydrogen) atoms. The second-order valence-electron chi connectivity index (χ2n) is 8.39. The molecule has 1 N–H and O–H groups in total. The Balaban J connectivity index is 1.39. The second kappa shape index (κ2) is 8.35. The lowest BCUT2D eigenvalue weighted by molar-refractivity contribution is -0.136. The van der Waals surface area contributed by atoms with Gasteiger partial charge in [0.25, 0.3) is 17.7 Å². The van der Waals surface area contributed by atoms with E-state index in [4.69, 9.17) is 4.42 Å². The normalized spacial score (nSPS) is 17.6. The first-order valence-electron chi connectivity index (χ1n) is 11.0. The molecule has 1 atom stereocenters. The van der Waals surface area contributed by atoms with Crippen LogP contribution in [0.1, 0.15) is 43.9 Å². The quantitative estimate of drug-likeness (QED) is 0.537. The van der Waals surface area contributed by atoms with Gasteiger partial charge in [-0.25, -0.2) is 4.79 Å². The van der Waals surface area contributed by atoms with Crippen LogP contribution in [0, 0.1) is 0 Å². The van der Waals surface area contributed by atoms with Crippen molar-refractivity contribution in [2.75, 3.05) is 13.6 Å². The summed E-state index contributed by atoms with van der Waals surface area (Å²) >= 11 is 0. The largest absolute Gasteiger partial charge is 0.420 e. The molecule has 2 aliphatic rings. The molecule has 178 valence electrons. The van der Waals surface area contributed by atoms with Gasteiger partial charge in [0.05, 0.1) is 22.2 Å². The molecule has 0 bridgehead atoms. The maximum atomic E-state index is 13.3. The van der Waals surface area contributed by atoms with Crippen molar-refractivity contribution < 1.29 is 28.4 Å². The number of nitrogens with one attached hydrogen (secondary N) is 1. The van der Waals surface area contributed by atoms with Crippen LogP contribution < -0.4 is 11.1 Å². The number of hydrogen-bond donors (Lipinski definition) is 1. The molecule has 3 heterocycles. The van der Waals surface area contributed by atoms with Gasteiger partial charge in [-0.05, 0) is 30.7 Å². The smallest absolute Gasteiger partial charge is 0.408 e. The molecule has 1 aromatic heterocycles. The van der Waals surface area contributed by atoms with Gasteiger partial charge in [0.1, 0.15) is 6.04 Å². The third kappa shape index (κ3) is 3.61. The first-order chi connectivity index (χ1) is 16.8. The average Bonchev–Trinajstić information content (AvgIpc) is 3.30. The molecular formula is C24H20N4O7. The van der Waals surface area contributed by atoms with Crippen LogP contribution in [0.2, 0.25) is 0 Å². The van der Waals surface area contributed by atoms with E-state index in [1.165, 1.54) is 34.7 Å². The summed E-state index contributed by atoms with van der Waals surface area (Å²) in [6.45, 7) is 0.285. The standard InChI is InChI=1S/C24H20N4O7/c1-26(11-12-27-15-7-2-3-8-17(15)35-24(27)34)21(31)13-5-4-6-14-19(13)23(33)28(22(14)32)16-9-10-18(29)25-20(16)30/h2-8,16H,9-12H2,1H3,(H,25,29,30). The summed E-state index contributed by atoms with van der Waals surface area (Å²) in [6, 6.07) is 10.2. The van der Waals surface area contributed by atoms with E-state index in [9.17, 15) is 28.8 Å². The number of aromatic nitrogens is 1. The number of oxazole rings is 1. The molecule has 0 radical (unpaired) electrons. The van der Waals surface area contributed by atoms with Crippen molar-refractivity contribution in [3.63, 3.8) is 0 Å². The van der Waals surface area contributed by atoms with Gasteiger partial charge < -0.3 is 9.32 Å². The maximum Gasteiger partial charge on any atom is 0.420 e. The molecule has 0 saturated carbocycles. The zero-order valence-corrected chi connectivity index (χ0v) is 18.6. The van der Waals surface area contributed by atoms with Gasteiger partial charge >= 0.3 is 5.76 Å². The van der Waals surface area contributed by atoms with Crippen LogP contribution in [0.15, 0.2) is 51.7 Å². The molecule has 11 heteroatoms. The number of imide groups is 2. The summed E-state index contributed by atoms with van der Waals surface area (Å²) in [7, 11) is 1.52. The molecule has 1 saturated heterocycles. The number of carbonyl (C=O) groups is 5. The van der Waals surface area contributed by atoms with Gasteiger partial charge in [-0.3, -0.25) is 38.8 Å². The topological polar surface area (TPSA) is 139 Å². The lowest BCUT2D eigenvalue weighted by atomic mass is 10.0. The number of fused-ring (bicyclic) bond motifs is 2. The number of carbonyl (C=O) groups excluding carboxylic acids is 5. The Bertz CT molecular complexity index is 1480. The third-order valence-corrected chi connectivity index (χ3v) is 6.28. The first-order valence-corrected chi connectivity index (χ1v) is 11.0. The van der Waals surface area contributed by atoms with Crippen LogP contribution in [-0.4, -0.2) is 63.5 Å². The Morgan fingerprint density at radius 3 is 2.60 bits per heavy atom. The molecule has 0 aliphatic carbocycles. The van der Waals surface area contributed by atoms with Crippen LogP contribution in [-0.2, 0) is 16.1 Å². The van der Waals surface area contributed by atoms with Crippen molar-refractivity contribution in [2.24, 2.45) is 0 Å². The minimum absolute atomic E-state index is 0.000397. The van der Waals surface area contributed by atoms with Gasteiger partial charge in [-0.2, -0.15) is 0 Å². The number of hydrogen-bond acceptors (Lipinski definition) is 7. The molecule has 2 aromatic carbocycles. The van der Waals surface area contributed by atoms with E-state index in [2.05, 4.69) is 5.32 Å². The highest BCUT2D eigenvalue weighted by Crippen LogP contribution is 2.30. The summed E-state index contributed by atoms with van der Waals surface area (Å²) < 4.78 is 6.62. The van der Waals surface area contributed by atoms with E-state index in [-0.39, 0.29) is 42.6 Å². The predicted octanol–water partition coefficient (Wildman–Crippen LogP) is 0.768. The van der Waals surface area contributed by atoms with E-state index in [1.807, 2.05) is 0 Å². The fourth-order valence-electron chi connectivity index (χ4n) is 4.48. The SMILES string of the molecule is CN(CCn1c(=O)oc2ccccc21)C(=O)c1cccc2c1C(=O)N(C1CCC(=O)NC1=O)C2=O. The highest BCUT2D eigenvalue weighted by Gasteiger charge is 2.46. The molecule has 2 aliphatic heterocycles. The Hall–Kier alpha value is -4.54. The predicted molar refractivity (Wildman–Crippen MR) is 121 cm³/mol. The molecule has 5 amide bonds. The molecule has 3 aromatic rings. The number of amides is 5. The van der Waals surface area contributed by atoms with Crippen LogP contribution in [0.5, 0.6) is 0 Å². The highest BCUT2D eigenvalue weighted by molar-refractivity contribution is 6.26. The van der Waals surface area contributed by atoms with E-state index < -0.39 is 41.3 Å².